The number of amides is 1. The number of benzene rings is 1. The number of likely N-dealkylation sites (tertiary alicyclic amines) is 1. The molecule has 2 unspecified atom stereocenters. The average molecular weight is 415 g/mol. The smallest absolute Gasteiger partial charge is 0.227 e. The number of anilines is 1. The van der Waals surface area contributed by atoms with Crippen LogP contribution in [0.4, 0.5) is 5.95 Å². The summed E-state index contributed by atoms with van der Waals surface area (Å²) in [5.74, 6) is 1.04. The van der Waals surface area contributed by atoms with Crippen LogP contribution >= 0.6 is 15.9 Å². The molecule has 1 amide bonds. The lowest BCUT2D eigenvalue weighted by atomic mass is 9.95. The summed E-state index contributed by atoms with van der Waals surface area (Å²) in [7, 11) is 0. The van der Waals surface area contributed by atoms with Gasteiger partial charge in [-0.05, 0) is 49.4 Å². The molecule has 4 rings (SSSR count). The predicted octanol–water partition coefficient (Wildman–Crippen LogP) is 3.82. The van der Waals surface area contributed by atoms with E-state index >= 15 is 0 Å². The lowest BCUT2D eigenvalue weighted by Gasteiger charge is -2.35. The fraction of sp³-hybridized carbons (Fsp3) is 0.450. The van der Waals surface area contributed by atoms with Crippen LogP contribution in [0.1, 0.15) is 37.3 Å². The first-order chi connectivity index (χ1) is 12.7. The summed E-state index contributed by atoms with van der Waals surface area (Å²) >= 11 is 3.55. The van der Waals surface area contributed by atoms with Crippen LogP contribution in [0.15, 0.2) is 47.2 Å². The van der Waals surface area contributed by atoms with Crippen molar-refractivity contribution in [3.05, 3.63) is 52.8 Å². The van der Waals surface area contributed by atoms with Crippen LogP contribution in [-0.2, 0) is 4.79 Å². The summed E-state index contributed by atoms with van der Waals surface area (Å²) < 4.78 is 1.07. The van der Waals surface area contributed by atoms with Crippen molar-refractivity contribution >= 4 is 27.8 Å². The Kier molecular flexibility index (Phi) is 5.20. The SMILES string of the molecule is O=C(C1CCCN(c2ncccn2)C1)N1CCCC1c1cccc(Br)c1. The molecule has 2 saturated heterocycles. The van der Waals surface area contributed by atoms with Gasteiger partial charge < -0.3 is 9.80 Å². The molecular weight excluding hydrogens is 392 g/mol. The maximum Gasteiger partial charge on any atom is 0.227 e. The minimum atomic E-state index is 0.0281. The Morgan fingerprint density at radius 3 is 2.69 bits per heavy atom. The van der Waals surface area contributed by atoms with Crippen LogP contribution < -0.4 is 4.90 Å². The van der Waals surface area contributed by atoms with Gasteiger partial charge in [-0.15, -0.1) is 0 Å². The van der Waals surface area contributed by atoms with Gasteiger partial charge in [0.2, 0.25) is 11.9 Å². The quantitative estimate of drug-likeness (QED) is 0.765. The normalized spacial score (nSPS) is 23.3. The first-order valence-corrected chi connectivity index (χ1v) is 10.1. The third kappa shape index (κ3) is 3.61. The third-order valence-corrected chi connectivity index (χ3v) is 5.87. The van der Waals surface area contributed by atoms with E-state index in [1.165, 1.54) is 5.56 Å². The first-order valence-electron chi connectivity index (χ1n) is 9.30. The zero-order chi connectivity index (χ0) is 17.9. The van der Waals surface area contributed by atoms with Crippen LogP contribution in [0, 0.1) is 5.92 Å². The molecule has 0 aliphatic carbocycles. The van der Waals surface area contributed by atoms with Crippen molar-refractivity contribution in [3.63, 3.8) is 0 Å². The predicted molar refractivity (Wildman–Crippen MR) is 105 cm³/mol. The van der Waals surface area contributed by atoms with Crippen LogP contribution in [-0.4, -0.2) is 40.4 Å². The van der Waals surface area contributed by atoms with E-state index in [1.807, 2.05) is 12.1 Å². The highest BCUT2D eigenvalue weighted by atomic mass is 79.9. The van der Waals surface area contributed by atoms with Crippen molar-refractivity contribution in [1.29, 1.82) is 0 Å². The molecule has 2 atom stereocenters. The molecule has 1 aromatic carbocycles. The summed E-state index contributed by atoms with van der Waals surface area (Å²) in [6.07, 6.45) is 7.59. The van der Waals surface area contributed by atoms with Crippen molar-refractivity contribution in [2.24, 2.45) is 5.92 Å². The van der Waals surface area contributed by atoms with E-state index in [0.717, 1.165) is 49.2 Å². The monoisotopic (exact) mass is 414 g/mol. The number of carbonyl (C=O) groups excluding carboxylic acids is 1. The number of halogens is 1. The van der Waals surface area contributed by atoms with E-state index in [9.17, 15) is 4.79 Å². The standard InChI is InChI=1S/C20H23BrN4O/c21-17-7-1-5-15(13-17)18-8-3-12-25(18)19(26)16-6-2-11-24(14-16)20-22-9-4-10-23-20/h1,4-5,7,9-10,13,16,18H,2-3,6,8,11-12,14H2. The number of piperidine rings is 1. The maximum atomic E-state index is 13.3. The Morgan fingerprint density at radius 1 is 1.08 bits per heavy atom. The third-order valence-electron chi connectivity index (χ3n) is 5.37. The van der Waals surface area contributed by atoms with Gasteiger partial charge in [-0.3, -0.25) is 4.79 Å². The van der Waals surface area contributed by atoms with E-state index in [-0.39, 0.29) is 17.9 Å². The second-order valence-corrected chi connectivity index (χ2v) is 7.99. The van der Waals surface area contributed by atoms with Gasteiger partial charge in [0.15, 0.2) is 0 Å². The van der Waals surface area contributed by atoms with Gasteiger partial charge in [0.25, 0.3) is 0 Å². The van der Waals surface area contributed by atoms with Gasteiger partial charge in [-0.25, -0.2) is 9.97 Å². The molecule has 2 fully saturated rings. The van der Waals surface area contributed by atoms with E-state index in [2.05, 4.69) is 53.9 Å². The molecule has 2 aromatic rings. The molecule has 0 radical (unpaired) electrons. The topological polar surface area (TPSA) is 49.3 Å². The summed E-state index contributed by atoms with van der Waals surface area (Å²) in [4.78, 5) is 26.2. The van der Waals surface area contributed by atoms with Crippen molar-refractivity contribution in [2.45, 2.75) is 31.7 Å². The number of hydrogen-bond acceptors (Lipinski definition) is 4. The highest BCUT2D eigenvalue weighted by Gasteiger charge is 2.36. The molecule has 0 spiro atoms. The average Bonchev–Trinajstić information content (AvgIpc) is 3.18. The molecule has 0 bridgehead atoms. The Bertz CT molecular complexity index is 769. The first kappa shape index (κ1) is 17.5. The van der Waals surface area contributed by atoms with Gasteiger partial charge in [-0.1, -0.05) is 28.1 Å². The molecule has 3 heterocycles. The zero-order valence-corrected chi connectivity index (χ0v) is 16.3. The molecule has 1 aromatic heterocycles. The Morgan fingerprint density at radius 2 is 1.88 bits per heavy atom. The Balaban J connectivity index is 1.49. The largest absolute Gasteiger partial charge is 0.340 e. The van der Waals surface area contributed by atoms with Crippen LogP contribution in [0.25, 0.3) is 0 Å². The van der Waals surface area contributed by atoms with E-state index in [1.54, 1.807) is 12.4 Å². The fourth-order valence-electron chi connectivity index (χ4n) is 4.14. The number of hydrogen-bond donors (Lipinski definition) is 0. The summed E-state index contributed by atoms with van der Waals surface area (Å²) in [6, 6.07) is 10.4. The van der Waals surface area contributed by atoms with E-state index in [0.29, 0.717) is 6.54 Å². The number of aromatic nitrogens is 2. The zero-order valence-electron chi connectivity index (χ0n) is 14.7. The van der Waals surface area contributed by atoms with Gasteiger partial charge in [0.1, 0.15) is 0 Å². The molecule has 0 saturated carbocycles. The summed E-state index contributed by atoms with van der Waals surface area (Å²) in [6.45, 7) is 2.49. The van der Waals surface area contributed by atoms with Crippen molar-refractivity contribution in [2.75, 3.05) is 24.5 Å². The highest BCUT2D eigenvalue weighted by molar-refractivity contribution is 9.10. The van der Waals surface area contributed by atoms with Crippen molar-refractivity contribution in [3.8, 4) is 0 Å². The van der Waals surface area contributed by atoms with Crippen molar-refractivity contribution in [1.82, 2.24) is 14.9 Å². The lowest BCUT2D eigenvalue weighted by molar-refractivity contribution is -0.136. The molecule has 5 nitrogen and oxygen atoms in total. The van der Waals surface area contributed by atoms with Crippen LogP contribution in [0.2, 0.25) is 0 Å². The Hall–Kier alpha value is -1.95. The number of carbonyl (C=O) groups is 1. The number of rotatable bonds is 3. The van der Waals surface area contributed by atoms with Gasteiger partial charge in [0.05, 0.1) is 12.0 Å². The molecule has 6 heteroatoms. The fourth-order valence-corrected chi connectivity index (χ4v) is 4.56. The summed E-state index contributed by atoms with van der Waals surface area (Å²) in [5.41, 5.74) is 1.23. The Labute approximate surface area is 162 Å². The van der Waals surface area contributed by atoms with Gasteiger partial charge in [0, 0.05) is 36.5 Å². The second-order valence-electron chi connectivity index (χ2n) is 7.08. The van der Waals surface area contributed by atoms with E-state index < -0.39 is 0 Å². The molecule has 26 heavy (non-hydrogen) atoms. The molecule has 2 aliphatic rings. The summed E-state index contributed by atoms with van der Waals surface area (Å²) in [5, 5.41) is 0. The molecule has 136 valence electrons. The highest BCUT2D eigenvalue weighted by Crippen LogP contribution is 2.35. The van der Waals surface area contributed by atoms with Crippen molar-refractivity contribution < 1.29 is 4.79 Å². The minimum Gasteiger partial charge on any atom is -0.340 e. The maximum absolute atomic E-state index is 13.3. The molecule has 0 N–H and O–H groups in total. The van der Waals surface area contributed by atoms with Gasteiger partial charge in [-0.2, -0.15) is 0 Å². The minimum absolute atomic E-state index is 0.0281. The van der Waals surface area contributed by atoms with Crippen LogP contribution in [0.5, 0.6) is 0 Å². The molecule has 2 aliphatic heterocycles. The number of nitrogens with zero attached hydrogens (tertiary/aromatic N) is 4. The van der Waals surface area contributed by atoms with Gasteiger partial charge >= 0.3 is 0 Å². The van der Waals surface area contributed by atoms with Crippen LogP contribution in [0.3, 0.4) is 0 Å². The molecular formula is C20H23BrN4O. The lowest BCUT2D eigenvalue weighted by Crippen LogP contribution is -2.45. The van der Waals surface area contributed by atoms with E-state index in [4.69, 9.17) is 0 Å². The second kappa shape index (κ2) is 7.74.